The first-order valence-electron chi connectivity index (χ1n) is 7.23. The topological polar surface area (TPSA) is 45.2 Å². The Labute approximate surface area is 130 Å². The fraction of sp³-hybridized carbons (Fsp3) is 0.800. The van der Waals surface area contributed by atoms with E-state index in [1.165, 1.54) is 9.88 Å². The summed E-state index contributed by atoms with van der Waals surface area (Å²) in [6.45, 7) is 11.5. The molecule has 20 heavy (non-hydrogen) atoms. The minimum absolute atomic E-state index is 0.105. The lowest BCUT2D eigenvalue weighted by atomic mass is 9.98. The lowest BCUT2D eigenvalue weighted by Gasteiger charge is -2.24. The van der Waals surface area contributed by atoms with Crippen molar-refractivity contribution >= 4 is 23.1 Å². The molecule has 0 bridgehead atoms. The smallest absolute Gasteiger partial charge is 0.0985 e. The Bertz CT molecular complexity index is 459. The number of nitrogens with zero attached hydrogens (tertiary/aromatic N) is 1. The highest BCUT2D eigenvalue weighted by Gasteiger charge is 2.32. The number of hydrogen-bond donors (Lipinski definition) is 2. The molecule has 2 heterocycles. The molecule has 1 aromatic heterocycles. The lowest BCUT2D eigenvalue weighted by Crippen LogP contribution is -2.41. The Kier molecular flexibility index (Phi) is 4.84. The van der Waals surface area contributed by atoms with Crippen molar-refractivity contribution in [1.82, 2.24) is 10.3 Å². The average Bonchev–Trinajstić information content (AvgIpc) is 2.93. The Morgan fingerprint density at radius 1 is 1.45 bits per heavy atom. The Morgan fingerprint density at radius 3 is 2.65 bits per heavy atom. The third-order valence-corrected chi connectivity index (χ3v) is 6.69. The summed E-state index contributed by atoms with van der Waals surface area (Å²) in [4.78, 5) is 6.01. The Morgan fingerprint density at radius 2 is 2.15 bits per heavy atom. The molecule has 0 saturated carbocycles. The highest BCUT2D eigenvalue weighted by atomic mass is 32.2. The molecule has 1 aliphatic rings. The first kappa shape index (κ1) is 16.3. The van der Waals surface area contributed by atoms with E-state index < -0.39 is 5.60 Å². The van der Waals surface area contributed by atoms with E-state index >= 15 is 0 Å². The molecular weight excluding hydrogens is 288 g/mol. The normalized spacial score (nSPS) is 25.1. The number of rotatable bonds is 4. The van der Waals surface area contributed by atoms with Crippen LogP contribution >= 0.6 is 23.1 Å². The van der Waals surface area contributed by atoms with Crippen LogP contribution in [0.25, 0.3) is 0 Å². The number of hydrogen-bond acceptors (Lipinski definition) is 5. The van der Waals surface area contributed by atoms with Crippen LogP contribution in [0.5, 0.6) is 0 Å². The minimum Gasteiger partial charge on any atom is -0.388 e. The highest BCUT2D eigenvalue weighted by Crippen LogP contribution is 2.33. The standard InChI is InChI=1S/C15H26N2OS2/c1-10(16-8-15(18)6-7-19-9-15)12-11(2)17-13(20-12)14(3,4)5/h10,16,18H,6-9H2,1-5H3. The third kappa shape index (κ3) is 3.75. The van der Waals surface area contributed by atoms with Crippen LogP contribution < -0.4 is 5.32 Å². The predicted molar refractivity (Wildman–Crippen MR) is 88.9 cm³/mol. The van der Waals surface area contributed by atoms with Crippen LogP contribution in [0.2, 0.25) is 0 Å². The fourth-order valence-corrected chi connectivity index (χ4v) is 4.75. The summed E-state index contributed by atoms with van der Waals surface area (Å²) in [5.41, 5.74) is 0.700. The van der Waals surface area contributed by atoms with Crippen LogP contribution in [0.15, 0.2) is 0 Å². The molecule has 1 aliphatic heterocycles. The quantitative estimate of drug-likeness (QED) is 0.895. The van der Waals surface area contributed by atoms with E-state index in [-0.39, 0.29) is 11.5 Å². The van der Waals surface area contributed by atoms with E-state index in [2.05, 4.69) is 39.9 Å². The van der Waals surface area contributed by atoms with Crippen LogP contribution in [0.3, 0.4) is 0 Å². The number of thioether (sulfide) groups is 1. The van der Waals surface area contributed by atoms with Crippen molar-refractivity contribution in [3.63, 3.8) is 0 Å². The van der Waals surface area contributed by atoms with E-state index in [0.717, 1.165) is 23.6 Å². The summed E-state index contributed by atoms with van der Waals surface area (Å²) in [7, 11) is 0. The van der Waals surface area contributed by atoms with Gasteiger partial charge < -0.3 is 10.4 Å². The van der Waals surface area contributed by atoms with E-state index in [9.17, 15) is 5.11 Å². The van der Waals surface area contributed by atoms with Crippen LogP contribution in [0.1, 0.15) is 55.7 Å². The first-order valence-corrected chi connectivity index (χ1v) is 9.20. The van der Waals surface area contributed by atoms with E-state index in [1.54, 1.807) is 11.3 Å². The van der Waals surface area contributed by atoms with Gasteiger partial charge >= 0.3 is 0 Å². The second-order valence-electron chi connectivity index (χ2n) is 6.85. The molecule has 1 saturated heterocycles. The molecule has 114 valence electrons. The molecule has 3 nitrogen and oxygen atoms in total. The maximum atomic E-state index is 10.4. The predicted octanol–water partition coefficient (Wildman–Crippen LogP) is 3.27. The van der Waals surface area contributed by atoms with Gasteiger partial charge in [0, 0.05) is 28.6 Å². The summed E-state index contributed by atoms with van der Waals surface area (Å²) in [5, 5.41) is 15.1. The van der Waals surface area contributed by atoms with Crippen LogP contribution in [-0.2, 0) is 5.41 Å². The Balaban J connectivity index is 2.02. The molecule has 2 atom stereocenters. The summed E-state index contributed by atoms with van der Waals surface area (Å²) >= 11 is 3.63. The molecule has 0 amide bonds. The maximum Gasteiger partial charge on any atom is 0.0985 e. The Hall–Kier alpha value is -0.100. The van der Waals surface area contributed by atoms with Gasteiger partial charge in [0.25, 0.3) is 0 Å². The van der Waals surface area contributed by atoms with Gasteiger partial charge in [-0.2, -0.15) is 11.8 Å². The SMILES string of the molecule is Cc1nc(C(C)(C)C)sc1C(C)NCC1(O)CCSC1. The number of aliphatic hydroxyl groups is 1. The average molecular weight is 315 g/mol. The van der Waals surface area contributed by atoms with Gasteiger partial charge in [-0.25, -0.2) is 4.98 Å². The maximum absolute atomic E-state index is 10.4. The monoisotopic (exact) mass is 314 g/mol. The van der Waals surface area contributed by atoms with Gasteiger partial charge in [-0.3, -0.25) is 0 Å². The van der Waals surface area contributed by atoms with E-state index in [0.29, 0.717) is 6.54 Å². The lowest BCUT2D eigenvalue weighted by molar-refractivity contribution is 0.0652. The highest BCUT2D eigenvalue weighted by molar-refractivity contribution is 7.99. The van der Waals surface area contributed by atoms with Crippen molar-refractivity contribution in [1.29, 1.82) is 0 Å². The van der Waals surface area contributed by atoms with Gasteiger partial charge in [0.2, 0.25) is 0 Å². The molecule has 2 N–H and O–H groups in total. The van der Waals surface area contributed by atoms with Crippen LogP contribution in [0.4, 0.5) is 0 Å². The molecule has 5 heteroatoms. The van der Waals surface area contributed by atoms with E-state index in [1.807, 2.05) is 11.8 Å². The zero-order valence-corrected chi connectivity index (χ0v) is 14.7. The number of aromatic nitrogens is 1. The molecule has 2 unspecified atom stereocenters. The number of aryl methyl sites for hydroxylation is 1. The van der Waals surface area contributed by atoms with Crippen molar-refractivity contribution in [2.24, 2.45) is 0 Å². The summed E-state index contributed by atoms with van der Waals surface area (Å²) in [5.74, 6) is 1.92. The largest absolute Gasteiger partial charge is 0.388 e. The summed E-state index contributed by atoms with van der Waals surface area (Å²) in [6, 6.07) is 0.248. The number of nitrogens with one attached hydrogen (secondary N) is 1. The molecule has 0 aromatic carbocycles. The third-order valence-electron chi connectivity index (χ3n) is 3.69. The number of thiazole rings is 1. The second-order valence-corrected chi connectivity index (χ2v) is 8.98. The van der Waals surface area contributed by atoms with Crippen molar-refractivity contribution in [2.75, 3.05) is 18.1 Å². The van der Waals surface area contributed by atoms with E-state index in [4.69, 9.17) is 4.98 Å². The minimum atomic E-state index is -0.523. The molecule has 1 aromatic rings. The second kappa shape index (κ2) is 5.95. The first-order chi connectivity index (χ1) is 9.21. The van der Waals surface area contributed by atoms with Crippen molar-refractivity contribution in [3.05, 3.63) is 15.6 Å². The van der Waals surface area contributed by atoms with Crippen LogP contribution in [0, 0.1) is 6.92 Å². The molecule has 2 rings (SSSR count). The molecule has 0 radical (unpaired) electrons. The van der Waals surface area contributed by atoms with Gasteiger partial charge in [-0.15, -0.1) is 11.3 Å². The molecule has 1 fully saturated rings. The zero-order chi connectivity index (χ0) is 15.0. The molecular formula is C15H26N2OS2. The van der Waals surface area contributed by atoms with Crippen LogP contribution in [-0.4, -0.2) is 33.7 Å². The van der Waals surface area contributed by atoms with Crippen molar-refractivity contribution in [3.8, 4) is 0 Å². The van der Waals surface area contributed by atoms with Crippen molar-refractivity contribution in [2.45, 2.75) is 58.1 Å². The summed E-state index contributed by atoms with van der Waals surface area (Å²) < 4.78 is 0. The van der Waals surface area contributed by atoms with Gasteiger partial charge in [0.05, 0.1) is 16.3 Å². The molecule has 0 spiro atoms. The fourth-order valence-electron chi connectivity index (χ4n) is 2.30. The van der Waals surface area contributed by atoms with Crippen molar-refractivity contribution < 1.29 is 5.11 Å². The zero-order valence-electron chi connectivity index (χ0n) is 13.1. The molecule has 0 aliphatic carbocycles. The van der Waals surface area contributed by atoms with Gasteiger partial charge in [-0.1, -0.05) is 20.8 Å². The summed E-state index contributed by atoms with van der Waals surface area (Å²) in [6.07, 6.45) is 0.895. The van der Waals surface area contributed by atoms with Gasteiger partial charge in [0.15, 0.2) is 0 Å². The van der Waals surface area contributed by atoms with Gasteiger partial charge in [-0.05, 0) is 26.0 Å². The van der Waals surface area contributed by atoms with Gasteiger partial charge in [0.1, 0.15) is 0 Å².